The van der Waals surface area contributed by atoms with Crippen molar-refractivity contribution in [2.45, 2.75) is 52.1 Å². The molecule has 1 aliphatic heterocycles. The third kappa shape index (κ3) is 6.18. The van der Waals surface area contributed by atoms with Gasteiger partial charge >= 0.3 is 0 Å². The normalized spacial score (nSPS) is 17.8. The van der Waals surface area contributed by atoms with E-state index < -0.39 is 23.9 Å². The van der Waals surface area contributed by atoms with Gasteiger partial charge in [-0.05, 0) is 36.8 Å². The highest BCUT2D eigenvalue weighted by atomic mass is 35.5. The fourth-order valence-electron chi connectivity index (χ4n) is 3.89. The molecule has 3 atom stereocenters. The molecule has 0 saturated carbocycles. The van der Waals surface area contributed by atoms with Gasteiger partial charge in [0.25, 0.3) is 5.91 Å². The van der Waals surface area contributed by atoms with Crippen molar-refractivity contribution >= 4 is 51.8 Å². The molecule has 1 aromatic carbocycles. The maximum absolute atomic E-state index is 13.1. The Kier molecular flexibility index (Phi) is 7.55. The molecule has 2 heterocycles. The van der Waals surface area contributed by atoms with Gasteiger partial charge in [0, 0.05) is 17.8 Å². The number of benzene rings is 1. The Morgan fingerprint density at radius 2 is 2.00 bits per heavy atom. The van der Waals surface area contributed by atoms with Gasteiger partial charge in [0.15, 0.2) is 0 Å². The summed E-state index contributed by atoms with van der Waals surface area (Å²) in [7, 11) is 0. The van der Waals surface area contributed by atoms with Gasteiger partial charge in [0.2, 0.25) is 11.8 Å². The molecule has 3 amide bonds. The Hall–Kier alpha value is -2.76. The Bertz CT molecular complexity index is 1120. The van der Waals surface area contributed by atoms with Crippen molar-refractivity contribution in [3.05, 3.63) is 33.9 Å². The molecule has 4 N–H and O–H groups in total. The summed E-state index contributed by atoms with van der Waals surface area (Å²) in [4.78, 5) is 40.8. The van der Waals surface area contributed by atoms with Crippen LogP contribution in [0, 0.1) is 22.7 Å². The van der Waals surface area contributed by atoms with Gasteiger partial charge in [0.05, 0.1) is 21.6 Å². The number of nitrogens with one attached hydrogen (secondary N) is 4. The Morgan fingerprint density at radius 3 is 2.61 bits per heavy atom. The van der Waals surface area contributed by atoms with Gasteiger partial charge in [-0.3, -0.25) is 14.4 Å². The van der Waals surface area contributed by atoms with Crippen LogP contribution >= 0.6 is 23.2 Å². The van der Waals surface area contributed by atoms with Crippen molar-refractivity contribution in [1.82, 2.24) is 20.9 Å². The molecule has 1 saturated heterocycles. The predicted octanol–water partition coefficient (Wildman–Crippen LogP) is 3.54. The number of rotatable bonds is 7. The number of hydrogen-bond acceptors (Lipinski definition) is 4. The summed E-state index contributed by atoms with van der Waals surface area (Å²) >= 11 is 12.3. The minimum absolute atomic E-state index is 0.110. The summed E-state index contributed by atoms with van der Waals surface area (Å²) in [5, 5.41) is 19.1. The van der Waals surface area contributed by atoms with Gasteiger partial charge < -0.3 is 20.9 Å². The molecule has 1 fully saturated rings. The van der Waals surface area contributed by atoms with Crippen molar-refractivity contribution in [1.29, 1.82) is 5.26 Å². The van der Waals surface area contributed by atoms with Crippen LogP contribution in [-0.4, -0.2) is 41.3 Å². The summed E-state index contributed by atoms with van der Waals surface area (Å²) in [6.07, 6.45) is 1.20. The number of carbonyl (C=O) groups is 3. The predicted molar refractivity (Wildman–Crippen MR) is 127 cm³/mol. The summed E-state index contributed by atoms with van der Waals surface area (Å²) in [5.74, 6) is -1.37. The lowest BCUT2D eigenvalue weighted by atomic mass is 9.87. The highest BCUT2D eigenvalue weighted by Gasteiger charge is 2.32. The maximum atomic E-state index is 13.1. The van der Waals surface area contributed by atoms with Gasteiger partial charge in [0.1, 0.15) is 17.8 Å². The summed E-state index contributed by atoms with van der Waals surface area (Å²) < 4.78 is 0. The lowest BCUT2D eigenvalue weighted by Crippen LogP contribution is -2.51. The van der Waals surface area contributed by atoms with Crippen LogP contribution in [0.5, 0.6) is 0 Å². The molecule has 1 aliphatic rings. The first-order valence-corrected chi connectivity index (χ1v) is 11.5. The summed E-state index contributed by atoms with van der Waals surface area (Å²) in [6, 6.07) is 5.36. The van der Waals surface area contributed by atoms with E-state index >= 15 is 0 Å². The van der Waals surface area contributed by atoms with Gasteiger partial charge in [-0.25, -0.2) is 0 Å². The number of nitrogens with zero attached hydrogens (tertiary/aromatic N) is 1. The van der Waals surface area contributed by atoms with E-state index in [2.05, 4.69) is 27.0 Å². The van der Waals surface area contributed by atoms with E-state index in [9.17, 15) is 19.6 Å². The van der Waals surface area contributed by atoms with Crippen LogP contribution in [0.1, 0.15) is 50.5 Å². The van der Waals surface area contributed by atoms with Crippen molar-refractivity contribution in [3.63, 3.8) is 0 Å². The van der Waals surface area contributed by atoms with Crippen LogP contribution in [0.3, 0.4) is 0 Å². The number of halogens is 2. The molecule has 0 radical (unpaired) electrons. The van der Waals surface area contributed by atoms with Crippen molar-refractivity contribution in [3.8, 4) is 6.07 Å². The molecule has 0 bridgehead atoms. The highest BCUT2D eigenvalue weighted by molar-refractivity contribution is 6.45. The summed E-state index contributed by atoms with van der Waals surface area (Å²) in [6.45, 7) is 6.43. The lowest BCUT2D eigenvalue weighted by molar-refractivity contribution is -0.125. The highest BCUT2D eigenvalue weighted by Crippen LogP contribution is 2.31. The van der Waals surface area contributed by atoms with Crippen molar-refractivity contribution < 1.29 is 14.4 Å². The monoisotopic (exact) mass is 491 g/mol. The Labute approximate surface area is 202 Å². The standard InChI is InChI=1S/C23H27Cl2N5O3/c1-23(2,3)10-17(22(33)28-14(11-26)8-13-6-7-27-20(13)31)30-21(32)16-9-12-4-5-15(24)18(25)19(12)29-16/h4-5,9,13-14,17,29H,6-8,10H2,1-3H3,(H,27,31)(H,28,33)(H,30,32)/t13-,14-,17-/m0/s1. The molecule has 176 valence electrons. The molecular weight excluding hydrogens is 465 g/mol. The number of amides is 3. The van der Waals surface area contributed by atoms with E-state index in [0.29, 0.717) is 40.3 Å². The lowest BCUT2D eigenvalue weighted by Gasteiger charge is -2.27. The van der Waals surface area contributed by atoms with E-state index in [1.807, 2.05) is 20.8 Å². The second kappa shape index (κ2) is 10.0. The molecule has 8 nitrogen and oxygen atoms in total. The van der Waals surface area contributed by atoms with E-state index in [4.69, 9.17) is 23.2 Å². The Morgan fingerprint density at radius 1 is 1.27 bits per heavy atom. The second-order valence-corrected chi connectivity index (χ2v) is 10.3. The van der Waals surface area contributed by atoms with Crippen LogP contribution in [0.4, 0.5) is 0 Å². The number of aromatic amines is 1. The minimum atomic E-state index is -0.878. The first-order valence-electron chi connectivity index (χ1n) is 10.7. The van der Waals surface area contributed by atoms with Crippen LogP contribution in [-0.2, 0) is 9.59 Å². The molecule has 1 aromatic heterocycles. The van der Waals surface area contributed by atoms with E-state index in [-0.39, 0.29) is 29.4 Å². The largest absolute Gasteiger partial charge is 0.356 e. The quantitative estimate of drug-likeness (QED) is 0.472. The fourth-order valence-corrected chi connectivity index (χ4v) is 4.27. The molecule has 2 aromatic rings. The zero-order chi connectivity index (χ0) is 24.3. The molecular formula is C23H27Cl2N5O3. The maximum Gasteiger partial charge on any atom is 0.268 e. The third-order valence-electron chi connectivity index (χ3n) is 5.52. The zero-order valence-corrected chi connectivity index (χ0v) is 20.2. The van der Waals surface area contributed by atoms with E-state index in [1.54, 1.807) is 18.2 Å². The first-order chi connectivity index (χ1) is 15.5. The number of nitriles is 1. The van der Waals surface area contributed by atoms with Crippen LogP contribution < -0.4 is 16.0 Å². The number of fused-ring (bicyclic) bond motifs is 1. The molecule has 33 heavy (non-hydrogen) atoms. The number of hydrogen-bond donors (Lipinski definition) is 4. The number of aromatic nitrogens is 1. The topological polar surface area (TPSA) is 127 Å². The van der Waals surface area contributed by atoms with Gasteiger partial charge in [-0.15, -0.1) is 0 Å². The molecule has 0 spiro atoms. The molecule has 10 heteroatoms. The average molecular weight is 492 g/mol. The molecule has 0 unspecified atom stereocenters. The van der Waals surface area contributed by atoms with Crippen LogP contribution in [0.25, 0.3) is 10.9 Å². The first kappa shape index (κ1) is 24.9. The fraction of sp³-hybridized carbons (Fsp3) is 0.478. The van der Waals surface area contributed by atoms with Crippen molar-refractivity contribution in [2.24, 2.45) is 11.3 Å². The van der Waals surface area contributed by atoms with Crippen molar-refractivity contribution in [2.75, 3.05) is 6.54 Å². The van der Waals surface area contributed by atoms with Gasteiger partial charge in [-0.2, -0.15) is 5.26 Å². The number of carbonyl (C=O) groups excluding carboxylic acids is 3. The van der Waals surface area contributed by atoms with Gasteiger partial charge in [-0.1, -0.05) is 50.0 Å². The second-order valence-electron chi connectivity index (χ2n) is 9.50. The molecule has 0 aliphatic carbocycles. The molecule has 3 rings (SSSR count). The SMILES string of the molecule is CC(C)(C)C[C@H](NC(=O)c1cc2ccc(Cl)c(Cl)c2[nH]1)C(=O)N[C@H](C#N)C[C@@H]1CCNC1=O. The van der Waals surface area contributed by atoms with Crippen LogP contribution in [0.2, 0.25) is 10.0 Å². The third-order valence-corrected chi connectivity index (χ3v) is 6.33. The zero-order valence-electron chi connectivity index (χ0n) is 18.7. The minimum Gasteiger partial charge on any atom is -0.356 e. The van der Waals surface area contributed by atoms with Crippen LogP contribution in [0.15, 0.2) is 18.2 Å². The Balaban J connectivity index is 1.75. The van der Waals surface area contributed by atoms with E-state index in [0.717, 1.165) is 0 Å². The number of H-pyrrole nitrogens is 1. The summed E-state index contributed by atoms with van der Waals surface area (Å²) in [5.41, 5.74) is 0.492. The van der Waals surface area contributed by atoms with E-state index in [1.165, 1.54) is 0 Å². The smallest absolute Gasteiger partial charge is 0.268 e. The average Bonchev–Trinajstić information content (AvgIpc) is 3.35.